The van der Waals surface area contributed by atoms with E-state index in [9.17, 15) is 0 Å². The maximum Gasteiger partial charge on any atom is 0.169 e. The molecule has 0 atom stereocenters. The number of rotatable bonds is 0. The topological polar surface area (TPSA) is 87.3 Å². The van der Waals surface area contributed by atoms with Crippen molar-refractivity contribution < 1.29 is 5.11 Å². The Bertz CT molecular complexity index is 253. The number of nitrogens with one attached hydrogen (secondary N) is 1. The lowest BCUT2D eigenvalue weighted by Crippen LogP contribution is -2.10. The van der Waals surface area contributed by atoms with Gasteiger partial charge in [0.1, 0.15) is 5.75 Å². The summed E-state index contributed by atoms with van der Waals surface area (Å²) in [6, 6.07) is 1.37. The van der Waals surface area contributed by atoms with Crippen molar-refractivity contribution >= 4 is 0 Å². The Hall–Kier alpha value is -1.52. The maximum atomic E-state index is 8.75. The molecule has 48 valence electrons. The number of hydrogen-bond acceptors (Lipinski definition) is 4. The zero-order chi connectivity index (χ0) is 6.69. The molecular formula is C4H6N4O. The van der Waals surface area contributed by atoms with Crippen molar-refractivity contribution in [1.82, 2.24) is 10.2 Å². The highest BCUT2D eigenvalue weighted by Gasteiger charge is 1.83. The summed E-state index contributed by atoms with van der Waals surface area (Å²) in [4.78, 5) is 0. The van der Waals surface area contributed by atoms with Gasteiger partial charge in [0.2, 0.25) is 0 Å². The molecule has 0 aliphatic heterocycles. The Labute approximate surface area is 50.8 Å². The molecule has 0 aromatic carbocycles. The summed E-state index contributed by atoms with van der Waals surface area (Å²) in [6.45, 7) is 0. The zero-order valence-electron chi connectivity index (χ0n) is 4.57. The summed E-state index contributed by atoms with van der Waals surface area (Å²) >= 11 is 0. The van der Waals surface area contributed by atoms with E-state index in [1.54, 1.807) is 0 Å². The van der Waals surface area contributed by atoms with Gasteiger partial charge < -0.3 is 10.9 Å². The van der Waals surface area contributed by atoms with Crippen molar-refractivity contribution in [3.63, 3.8) is 0 Å². The first-order valence-corrected chi connectivity index (χ1v) is 2.30. The molecule has 0 spiro atoms. The molecule has 0 saturated heterocycles. The molecule has 0 bridgehead atoms. The molecule has 0 radical (unpaired) electrons. The molecule has 0 aliphatic carbocycles. The van der Waals surface area contributed by atoms with Crippen LogP contribution in [0.1, 0.15) is 0 Å². The Balaban J connectivity index is 3.25. The number of H-pyrrole nitrogens is 1. The van der Waals surface area contributed by atoms with Crippen LogP contribution in [-0.4, -0.2) is 15.3 Å². The second-order valence-electron chi connectivity index (χ2n) is 1.45. The van der Waals surface area contributed by atoms with Crippen LogP contribution >= 0.6 is 0 Å². The third-order valence-electron chi connectivity index (χ3n) is 0.800. The highest BCUT2D eigenvalue weighted by molar-refractivity contribution is 5.09. The highest BCUT2D eigenvalue weighted by Crippen LogP contribution is 1.95. The van der Waals surface area contributed by atoms with Gasteiger partial charge in [-0.15, -0.1) is 0 Å². The van der Waals surface area contributed by atoms with Crippen LogP contribution < -0.4 is 11.3 Å². The molecule has 0 saturated carbocycles. The Morgan fingerprint density at radius 3 is 3.00 bits per heavy atom. The molecule has 4 N–H and O–H groups in total. The first kappa shape index (κ1) is 5.61. The van der Waals surface area contributed by atoms with Crippen LogP contribution in [0.25, 0.3) is 0 Å². The first-order valence-electron chi connectivity index (χ1n) is 2.30. The third-order valence-corrected chi connectivity index (χ3v) is 0.800. The van der Waals surface area contributed by atoms with Gasteiger partial charge in [0.25, 0.3) is 0 Å². The van der Waals surface area contributed by atoms with E-state index in [0.29, 0.717) is 5.49 Å². The van der Waals surface area contributed by atoms with Gasteiger partial charge in [-0.2, -0.15) is 10.2 Å². The molecule has 9 heavy (non-hydrogen) atoms. The second kappa shape index (κ2) is 2.17. The van der Waals surface area contributed by atoms with Crippen LogP contribution in [0, 0.1) is 0 Å². The van der Waals surface area contributed by atoms with Crippen molar-refractivity contribution in [2.24, 2.45) is 10.9 Å². The number of hydrogen-bond donors (Lipinski definition) is 3. The molecule has 0 amide bonds. The van der Waals surface area contributed by atoms with E-state index >= 15 is 0 Å². The number of aromatic amines is 1. The fraction of sp³-hybridized carbons (Fsp3) is 0. The molecule has 1 rings (SSSR count). The summed E-state index contributed by atoms with van der Waals surface area (Å²) in [5.41, 5.74) is 0.343. The van der Waals surface area contributed by atoms with Crippen molar-refractivity contribution in [3.8, 4) is 5.75 Å². The first-order chi connectivity index (χ1) is 4.33. The highest BCUT2D eigenvalue weighted by atomic mass is 16.3. The molecule has 0 aliphatic rings. The van der Waals surface area contributed by atoms with Gasteiger partial charge >= 0.3 is 0 Å². The monoisotopic (exact) mass is 126 g/mol. The Morgan fingerprint density at radius 1 is 1.78 bits per heavy atom. The van der Waals surface area contributed by atoms with E-state index in [4.69, 9.17) is 10.9 Å². The second-order valence-corrected chi connectivity index (χ2v) is 1.45. The molecule has 5 heteroatoms. The molecule has 1 aromatic heterocycles. The van der Waals surface area contributed by atoms with Crippen LogP contribution in [0.4, 0.5) is 0 Å². The quantitative estimate of drug-likeness (QED) is 0.304. The van der Waals surface area contributed by atoms with Crippen LogP contribution in [0.15, 0.2) is 17.4 Å². The predicted octanol–water partition coefficient (Wildman–Crippen LogP) is -1.11. The maximum absolute atomic E-state index is 8.75. The van der Waals surface area contributed by atoms with Crippen LogP contribution in [0.3, 0.4) is 0 Å². The normalized spacial score (nSPS) is 11.8. The smallest absolute Gasteiger partial charge is 0.169 e. The summed E-state index contributed by atoms with van der Waals surface area (Å²) in [5.74, 6) is 4.90. The number of aromatic hydroxyl groups is 1. The summed E-state index contributed by atoms with van der Waals surface area (Å²) in [7, 11) is 0. The van der Waals surface area contributed by atoms with Gasteiger partial charge in [0, 0.05) is 6.07 Å². The minimum atomic E-state index is 0.0398. The zero-order valence-corrected chi connectivity index (χ0v) is 4.57. The number of aromatic nitrogens is 2. The van der Waals surface area contributed by atoms with E-state index < -0.39 is 0 Å². The molecule has 1 heterocycles. The Kier molecular flexibility index (Phi) is 1.35. The van der Waals surface area contributed by atoms with Gasteiger partial charge in [0.15, 0.2) is 5.49 Å². The van der Waals surface area contributed by atoms with Crippen LogP contribution in [0.2, 0.25) is 0 Å². The summed E-state index contributed by atoms with van der Waals surface area (Å²) in [5, 5.41) is 18.0. The third kappa shape index (κ3) is 1.18. The van der Waals surface area contributed by atoms with Crippen LogP contribution in [-0.2, 0) is 0 Å². The number of nitrogens with zero attached hydrogens (tertiary/aromatic N) is 2. The fourth-order valence-electron chi connectivity index (χ4n) is 0.440. The van der Waals surface area contributed by atoms with Crippen LogP contribution in [0.5, 0.6) is 5.75 Å². The predicted molar refractivity (Wildman–Crippen MR) is 30.0 cm³/mol. The molecule has 0 unspecified atom stereocenters. The minimum absolute atomic E-state index is 0.0398. The summed E-state index contributed by atoms with van der Waals surface area (Å²) in [6.07, 6.45) is 1.26. The van der Waals surface area contributed by atoms with Gasteiger partial charge in [-0.1, -0.05) is 0 Å². The molecule has 1 aromatic rings. The number of nitrogens with two attached hydrogens (primary N) is 1. The van der Waals surface area contributed by atoms with Crippen molar-refractivity contribution in [3.05, 3.63) is 17.8 Å². The van der Waals surface area contributed by atoms with E-state index in [-0.39, 0.29) is 5.75 Å². The summed E-state index contributed by atoms with van der Waals surface area (Å²) < 4.78 is 0. The SMILES string of the molecule is N/N=c1/cc(O)cn[nH]1. The van der Waals surface area contributed by atoms with Gasteiger partial charge in [-0.05, 0) is 0 Å². The molecular weight excluding hydrogens is 120 g/mol. The minimum Gasteiger partial charge on any atom is -0.506 e. The van der Waals surface area contributed by atoms with Gasteiger partial charge in [-0.3, -0.25) is 5.10 Å². The lowest BCUT2D eigenvalue weighted by atomic mass is 10.5. The van der Waals surface area contributed by atoms with E-state index in [0.717, 1.165) is 0 Å². The lowest BCUT2D eigenvalue weighted by molar-refractivity contribution is 0.469. The van der Waals surface area contributed by atoms with Crippen molar-refractivity contribution in [1.29, 1.82) is 0 Å². The average molecular weight is 126 g/mol. The molecule has 5 nitrogen and oxygen atoms in total. The Morgan fingerprint density at radius 2 is 2.56 bits per heavy atom. The fourth-order valence-corrected chi connectivity index (χ4v) is 0.440. The van der Waals surface area contributed by atoms with E-state index in [2.05, 4.69) is 15.3 Å². The van der Waals surface area contributed by atoms with Gasteiger partial charge in [-0.25, -0.2) is 0 Å². The van der Waals surface area contributed by atoms with E-state index in [1.165, 1.54) is 12.3 Å². The standard InChI is InChI=1S/C4H6N4O/c5-7-4-1-3(9)2-6-8-4/h1-2H,5H2,(H2,7,8,9). The average Bonchev–Trinajstić information content (AvgIpc) is 1.88. The largest absolute Gasteiger partial charge is 0.506 e. The van der Waals surface area contributed by atoms with Crippen molar-refractivity contribution in [2.75, 3.05) is 0 Å². The van der Waals surface area contributed by atoms with Gasteiger partial charge in [0.05, 0.1) is 6.20 Å². The van der Waals surface area contributed by atoms with Crippen molar-refractivity contribution in [2.45, 2.75) is 0 Å². The molecule has 0 fully saturated rings. The van der Waals surface area contributed by atoms with E-state index in [1.807, 2.05) is 0 Å². The lowest BCUT2D eigenvalue weighted by Gasteiger charge is -1.86.